The zero-order valence-corrected chi connectivity index (χ0v) is 20.8. The van der Waals surface area contributed by atoms with Gasteiger partial charge in [0, 0.05) is 36.9 Å². The van der Waals surface area contributed by atoms with Gasteiger partial charge in [-0.3, -0.25) is 9.78 Å². The molecule has 2 bridgehead atoms. The molecule has 0 unspecified atom stereocenters. The number of imidazole rings is 1. The van der Waals surface area contributed by atoms with Gasteiger partial charge >= 0.3 is 0 Å². The summed E-state index contributed by atoms with van der Waals surface area (Å²) in [6.45, 7) is 3.57. The smallest absolute Gasteiger partial charge is 0.261 e. The zero-order chi connectivity index (χ0) is 25.6. The Morgan fingerprint density at radius 3 is 2.61 bits per heavy atom. The molecule has 6 heterocycles. The van der Waals surface area contributed by atoms with Gasteiger partial charge in [-0.05, 0) is 73.8 Å². The molecule has 0 radical (unpaired) electrons. The van der Waals surface area contributed by atoms with Crippen molar-refractivity contribution >= 4 is 33.3 Å². The van der Waals surface area contributed by atoms with Crippen LogP contribution in [0.5, 0.6) is 0 Å². The average molecular weight is 510 g/mol. The quantitative estimate of drug-likeness (QED) is 0.264. The minimum Gasteiger partial charge on any atom is -0.379 e. The molecule has 0 aliphatic carbocycles. The first kappa shape index (κ1) is 22.9. The number of benzene rings is 2. The maximum atomic E-state index is 15.5. The van der Waals surface area contributed by atoms with E-state index in [1.807, 2.05) is 36.4 Å². The van der Waals surface area contributed by atoms with Crippen LogP contribution in [0.2, 0.25) is 0 Å². The van der Waals surface area contributed by atoms with Gasteiger partial charge in [0.25, 0.3) is 5.56 Å². The second-order valence-electron chi connectivity index (χ2n) is 10.3. The van der Waals surface area contributed by atoms with Crippen molar-refractivity contribution in [3.63, 3.8) is 0 Å². The maximum Gasteiger partial charge on any atom is 0.261 e. The zero-order valence-electron chi connectivity index (χ0n) is 20.8. The Kier molecular flexibility index (Phi) is 5.58. The van der Waals surface area contributed by atoms with Crippen molar-refractivity contribution in [1.29, 1.82) is 0 Å². The van der Waals surface area contributed by atoms with Crippen LogP contribution in [0.1, 0.15) is 18.4 Å². The van der Waals surface area contributed by atoms with E-state index in [9.17, 15) is 4.79 Å². The van der Waals surface area contributed by atoms with E-state index in [0.29, 0.717) is 46.1 Å². The van der Waals surface area contributed by atoms with E-state index >= 15 is 4.39 Å². The SMILES string of the molecule is O=c1[nH]c2cc(NCc3ccncc3)c(F)cc2c(N[C@H]2CN3CCC2CC3)c1-c1nc2ccccc2[nH]1. The molecule has 3 fully saturated rings. The lowest BCUT2D eigenvalue weighted by molar-refractivity contribution is 0.0976. The standard InChI is InChI=1S/C29H28FN7O/c30-20-13-19-23(14-24(20)32-15-17-5-9-31-10-6-17)36-29(38)26(28-34-21-3-1-2-4-22(21)35-28)27(19)33-25-16-37-11-7-18(25)8-12-37/h1-6,9-10,13-14,18,25,32H,7-8,11-12,15-16H2,(H,34,35)(H2,33,36,38)/t25-/m0/s1. The Balaban J connectivity index is 1.35. The number of aromatic nitrogens is 4. The van der Waals surface area contributed by atoms with E-state index in [1.54, 1.807) is 18.5 Å². The number of halogens is 1. The van der Waals surface area contributed by atoms with Crippen molar-refractivity contribution in [2.24, 2.45) is 5.92 Å². The lowest BCUT2D eigenvalue weighted by atomic mass is 9.83. The molecule has 3 saturated heterocycles. The Morgan fingerprint density at radius 1 is 1.03 bits per heavy atom. The molecule has 2 aromatic carbocycles. The minimum atomic E-state index is -0.383. The van der Waals surface area contributed by atoms with Crippen LogP contribution in [0.25, 0.3) is 33.3 Å². The number of anilines is 2. The summed E-state index contributed by atoms with van der Waals surface area (Å²) in [4.78, 5) is 31.1. The highest BCUT2D eigenvalue weighted by molar-refractivity contribution is 6.00. The highest BCUT2D eigenvalue weighted by atomic mass is 19.1. The van der Waals surface area contributed by atoms with Gasteiger partial charge in [0.2, 0.25) is 0 Å². The molecule has 38 heavy (non-hydrogen) atoms. The Labute approximate surface area is 218 Å². The number of para-hydroxylation sites is 2. The summed E-state index contributed by atoms with van der Waals surface area (Å²) < 4.78 is 15.5. The number of aromatic amines is 2. The fourth-order valence-electron chi connectivity index (χ4n) is 5.91. The molecule has 1 atom stereocenters. The van der Waals surface area contributed by atoms with Gasteiger partial charge < -0.3 is 25.5 Å². The van der Waals surface area contributed by atoms with Crippen LogP contribution < -0.4 is 16.2 Å². The molecule has 5 aromatic rings. The van der Waals surface area contributed by atoms with Crippen LogP contribution in [-0.4, -0.2) is 50.5 Å². The first-order chi connectivity index (χ1) is 18.6. The Bertz CT molecular complexity index is 1660. The van der Waals surface area contributed by atoms with E-state index in [1.165, 1.54) is 6.07 Å². The van der Waals surface area contributed by atoms with E-state index in [2.05, 4.69) is 30.5 Å². The summed E-state index contributed by atoms with van der Waals surface area (Å²) in [6, 6.07) is 14.8. The van der Waals surface area contributed by atoms with E-state index < -0.39 is 0 Å². The van der Waals surface area contributed by atoms with Crippen molar-refractivity contribution in [2.75, 3.05) is 30.3 Å². The summed E-state index contributed by atoms with van der Waals surface area (Å²) in [5.41, 5.74) is 4.26. The van der Waals surface area contributed by atoms with Crippen LogP contribution in [0.3, 0.4) is 0 Å². The third kappa shape index (κ3) is 4.09. The molecule has 3 aliphatic heterocycles. The number of hydrogen-bond donors (Lipinski definition) is 4. The molecule has 9 heteroatoms. The van der Waals surface area contributed by atoms with Crippen LogP contribution >= 0.6 is 0 Å². The van der Waals surface area contributed by atoms with E-state index in [-0.39, 0.29) is 17.4 Å². The number of piperidine rings is 3. The number of pyridine rings is 2. The molecule has 8 rings (SSSR count). The van der Waals surface area contributed by atoms with Gasteiger partial charge in [0.05, 0.1) is 27.9 Å². The average Bonchev–Trinajstić information content (AvgIpc) is 3.37. The van der Waals surface area contributed by atoms with Gasteiger partial charge in [-0.1, -0.05) is 12.1 Å². The van der Waals surface area contributed by atoms with Gasteiger partial charge in [0.1, 0.15) is 17.2 Å². The van der Waals surface area contributed by atoms with Crippen LogP contribution in [0.15, 0.2) is 65.7 Å². The lowest BCUT2D eigenvalue weighted by Gasteiger charge is -2.45. The van der Waals surface area contributed by atoms with Crippen molar-refractivity contribution in [2.45, 2.75) is 25.4 Å². The second-order valence-corrected chi connectivity index (χ2v) is 10.3. The van der Waals surface area contributed by atoms with E-state index in [4.69, 9.17) is 4.98 Å². The molecule has 4 N–H and O–H groups in total. The molecule has 0 spiro atoms. The molecular weight excluding hydrogens is 481 g/mol. The minimum absolute atomic E-state index is 0.179. The number of rotatable bonds is 6. The van der Waals surface area contributed by atoms with Crippen molar-refractivity contribution < 1.29 is 4.39 Å². The topological polar surface area (TPSA) is 102 Å². The highest BCUT2D eigenvalue weighted by Crippen LogP contribution is 2.37. The van der Waals surface area contributed by atoms with Crippen LogP contribution in [0.4, 0.5) is 15.8 Å². The summed E-state index contributed by atoms with van der Waals surface area (Å²) in [7, 11) is 0. The van der Waals surface area contributed by atoms with Crippen LogP contribution in [-0.2, 0) is 6.54 Å². The summed E-state index contributed by atoms with van der Waals surface area (Å²) in [6.07, 6.45) is 5.65. The number of fused-ring (bicyclic) bond motifs is 5. The molecule has 8 nitrogen and oxygen atoms in total. The third-order valence-corrected chi connectivity index (χ3v) is 7.95. The predicted molar refractivity (Wildman–Crippen MR) is 148 cm³/mol. The molecule has 3 aromatic heterocycles. The predicted octanol–water partition coefficient (Wildman–Crippen LogP) is 4.72. The first-order valence-electron chi connectivity index (χ1n) is 13.1. The van der Waals surface area contributed by atoms with Crippen LogP contribution in [0, 0.1) is 11.7 Å². The highest BCUT2D eigenvalue weighted by Gasteiger charge is 2.35. The second kappa shape index (κ2) is 9.25. The largest absolute Gasteiger partial charge is 0.379 e. The van der Waals surface area contributed by atoms with Crippen molar-refractivity contribution in [3.8, 4) is 11.4 Å². The maximum absolute atomic E-state index is 15.5. The third-order valence-electron chi connectivity index (χ3n) is 7.95. The fraction of sp³-hybridized carbons (Fsp3) is 0.276. The number of hydrogen-bond acceptors (Lipinski definition) is 6. The fourth-order valence-corrected chi connectivity index (χ4v) is 5.91. The van der Waals surface area contributed by atoms with Crippen molar-refractivity contribution in [1.82, 2.24) is 24.8 Å². The summed E-state index contributed by atoms with van der Waals surface area (Å²) >= 11 is 0. The number of H-pyrrole nitrogens is 2. The van der Waals surface area contributed by atoms with Gasteiger partial charge in [-0.2, -0.15) is 0 Å². The lowest BCUT2D eigenvalue weighted by Crippen LogP contribution is -2.53. The summed E-state index contributed by atoms with van der Waals surface area (Å²) in [5.74, 6) is 0.605. The molecule has 192 valence electrons. The van der Waals surface area contributed by atoms with Gasteiger partial charge in [0.15, 0.2) is 0 Å². The summed E-state index contributed by atoms with van der Waals surface area (Å²) in [5, 5.41) is 7.48. The monoisotopic (exact) mass is 509 g/mol. The van der Waals surface area contributed by atoms with Crippen molar-refractivity contribution in [3.05, 3.63) is 82.7 Å². The Morgan fingerprint density at radius 2 is 1.84 bits per heavy atom. The molecular formula is C29H28FN7O. The molecule has 0 amide bonds. The number of nitrogens with one attached hydrogen (secondary N) is 4. The van der Waals surface area contributed by atoms with E-state index in [0.717, 1.165) is 49.1 Å². The Hall–Kier alpha value is -4.24. The molecule has 0 saturated carbocycles. The first-order valence-corrected chi connectivity index (χ1v) is 13.1. The normalized spacial score (nSPS) is 20.7. The molecule has 3 aliphatic rings. The van der Waals surface area contributed by atoms with Gasteiger partial charge in [-0.25, -0.2) is 9.37 Å². The number of nitrogens with zero attached hydrogens (tertiary/aromatic N) is 3. The van der Waals surface area contributed by atoms with Gasteiger partial charge in [-0.15, -0.1) is 0 Å².